The van der Waals surface area contributed by atoms with E-state index >= 15 is 0 Å². The fourth-order valence-corrected chi connectivity index (χ4v) is 2.52. The summed E-state index contributed by atoms with van der Waals surface area (Å²) in [6, 6.07) is 21.5. The summed E-state index contributed by atoms with van der Waals surface area (Å²) < 4.78 is 5.73. The molecule has 3 aromatic rings. The van der Waals surface area contributed by atoms with Gasteiger partial charge in [-0.2, -0.15) is 0 Å². The molecular weight excluding hydrogens is 286 g/mol. The molecule has 23 heavy (non-hydrogen) atoms. The molecule has 3 nitrogen and oxygen atoms in total. The first-order valence-corrected chi connectivity index (χ1v) is 7.65. The SMILES string of the molecule is Cc1cccc(OC(C)C(=O)Nc2cccc3ccccc23)c1. The summed E-state index contributed by atoms with van der Waals surface area (Å²) in [5.41, 5.74) is 1.90. The predicted molar refractivity (Wildman–Crippen MR) is 93.8 cm³/mol. The standard InChI is InChI=1S/C20H19NO2/c1-14-7-5-10-17(13-14)23-15(2)20(22)21-19-12-6-9-16-8-3-4-11-18(16)19/h3-13,15H,1-2H3,(H,21,22). The summed E-state index contributed by atoms with van der Waals surface area (Å²) in [7, 11) is 0. The zero-order chi connectivity index (χ0) is 16.2. The van der Waals surface area contributed by atoms with Crippen LogP contribution in [0.5, 0.6) is 5.75 Å². The van der Waals surface area contributed by atoms with Gasteiger partial charge in [0, 0.05) is 11.1 Å². The van der Waals surface area contributed by atoms with Gasteiger partial charge in [-0.15, -0.1) is 0 Å². The smallest absolute Gasteiger partial charge is 0.265 e. The number of fused-ring (bicyclic) bond motifs is 1. The molecule has 0 spiro atoms. The molecule has 1 amide bonds. The van der Waals surface area contributed by atoms with Crippen LogP contribution in [0.25, 0.3) is 10.8 Å². The second-order valence-electron chi connectivity index (χ2n) is 5.59. The Balaban J connectivity index is 1.75. The lowest BCUT2D eigenvalue weighted by Crippen LogP contribution is -2.30. The first-order valence-electron chi connectivity index (χ1n) is 7.65. The van der Waals surface area contributed by atoms with Gasteiger partial charge in [-0.25, -0.2) is 0 Å². The molecule has 0 heterocycles. The number of aryl methyl sites for hydroxylation is 1. The van der Waals surface area contributed by atoms with Crippen LogP contribution in [-0.2, 0) is 4.79 Å². The Kier molecular flexibility index (Phi) is 4.29. The quantitative estimate of drug-likeness (QED) is 0.767. The molecule has 1 atom stereocenters. The average molecular weight is 305 g/mol. The minimum Gasteiger partial charge on any atom is -0.481 e. The highest BCUT2D eigenvalue weighted by molar-refractivity contribution is 6.03. The van der Waals surface area contributed by atoms with Crippen LogP contribution in [-0.4, -0.2) is 12.0 Å². The third-order valence-electron chi connectivity index (χ3n) is 3.72. The minimum absolute atomic E-state index is 0.164. The molecule has 1 N–H and O–H groups in total. The molecule has 1 unspecified atom stereocenters. The van der Waals surface area contributed by atoms with Crippen LogP contribution in [0, 0.1) is 6.92 Å². The van der Waals surface area contributed by atoms with Crippen molar-refractivity contribution in [1.82, 2.24) is 0 Å². The summed E-state index contributed by atoms with van der Waals surface area (Å²) in [5, 5.41) is 5.07. The number of rotatable bonds is 4. The lowest BCUT2D eigenvalue weighted by molar-refractivity contribution is -0.122. The van der Waals surface area contributed by atoms with Gasteiger partial charge in [0.2, 0.25) is 0 Å². The zero-order valence-electron chi connectivity index (χ0n) is 13.2. The lowest BCUT2D eigenvalue weighted by atomic mass is 10.1. The van der Waals surface area contributed by atoms with E-state index in [1.807, 2.05) is 73.7 Å². The van der Waals surface area contributed by atoms with E-state index in [-0.39, 0.29) is 5.91 Å². The molecule has 116 valence electrons. The number of anilines is 1. The van der Waals surface area contributed by atoms with Gasteiger partial charge in [-0.1, -0.05) is 48.5 Å². The fraction of sp³-hybridized carbons (Fsp3) is 0.150. The van der Waals surface area contributed by atoms with Crippen molar-refractivity contribution in [2.75, 3.05) is 5.32 Å². The maximum atomic E-state index is 12.4. The number of nitrogens with one attached hydrogen (secondary N) is 1. The van der Waals surface area contributed by atoms with Crippen LogP contribution >= 0.6 is 0 Å². The number of ether oxygens (including phenoxy) is 1. The van der Waals surface area contributed by atoms with Crippen molar-refractivity contribution in [1.29, 1.82) is 0 Å². The first kappa shape index (κ1) is 15.1. The van der Waals surface area contributed by atoms with Crippen molar-refractivity contribution in [3.05, 3.63) is 72.3 Å². The van der Waals surface area contributed by atoms with E-state index in [1.165, 1.54) is 0 Å². The summed E-state index contributed by atoms with van der Waals surface area (Å²) in [6.07, 6.45) is -0.573. The van der Waals surface area contributed by atoms with Crippen LogP contribution in [0.15, 0.2) is 66.7 Å². The topological polar surface area (TPSA) is 38.3 Å². The van der Waals surface area contributed by atoms with Gasteiger partial charge in [-0.3, -0.25) is 4.79 Å². The van der Waals surface area contributed by atoms with Crippen molar-refractivity contribution in [3.63, 3.8) is 0 Å². The molecule has 0 aromatic heterocycles. The monoisotopic (exact) mass is 305 g/mol. The molecular formula is C20H19NO2. The van der Waals surface area contributed by atoms with Crippen molar-refractivity contribution < 1.29 is 9.53 Å². The Bertz CT molecular complexity index is 836. The van der Waals surface area contributed by atoms with Crippen LogP contribution < -0.4 is 10.1 Å². The van der Waals surface area contributed by atoms with E-state index in [0.29, 0.717) is 5.75 Å². The van der Waals surface area contributed by atoms with Crippen LogP contribution in [0.4, 0.5) is 5.69 Å². The summed E-state index contributed by atoms with van der Waals surface area (Å²) >= 11 is 0. The van der Waals surface area contributed by atoms with Crippen molar-refractivity contribution in [3.8, 4) is 5.75 Å². The van der Waals surface area contributed by atoms with Gasteiger partial charge in [0.1, 0.15) is 5.75 Å². The van der Waals surface area contributed by atoms with E-state index in [2.05, 4.69) is 5.32 Å². The molecule has 0 aliphatic heterocycles. The third kappa shape index (κ3) is 3.51. The second kappa shape index (κ2) is 6.53. The Morgan fingerprint density at radius 1 is 1.00 bits per heavy atom. The van der Waals surface area contributed by atoms with E-state index in [4.69, 9.17) is 4.74 Å². The molecule has 0 bridgehead atoms. The number of hydrogen-bond acceptors (Lipinski definition) is 2. The molecule has 0 saturated carbocycles. The van der Waals surface area contributed by atoms with Gasteiger partial charge in [-0.05, 0) is 43.0 Å². The van der Waals surface area contributed by atoms with E-state index in [1.54, 1.807) is 6.92 Å². The van der Waals surface area contributed by atoms with Crippen LogP contribution in [0.1, 0.15) is 12.5 Å². The number of amides is 1. The lowest BCUT2D eigenvalue weighted by Gasteiger charge is -2.16. The Labute approximate surface area is 135 Å². The second-order valence-corrected chi connectivity index (χ2v) is 5.59. The normalized spacial score (nSPS) is 11.9. The Hall–Kier alpha value is -2.81. The molecule has 3 heteroatoms. The van der Waals surface area contributed by atoms with Gasteiger partial charge >= 0.3 is 0 Å². The third-order valence-corrected chi connectivity index (χ3v) is 3.72. The van der Waals surface area contributed by atoms with Crippen molar-refractivity contribution in [2.45, 2.75) is 20.0 Å². The first-order chi connectivity index (χ1) is 11.1. The van der Waals surface area contributed by atoms with Crippen LogP contribution in [0.2, 0.25) is 0 Å². The largest absolute Gasteiger partial charge is 0.481 e. The number of carbonyl (C=O) groups excluding carboxylic acids is 1. The molecule has 3 rings (SSSR count). The van der Waals surface area contributed by atoms with E-state index < -0.39 is 6.10 Å². The van der Waals surface area contributed by atoms with Crippen molar-refractivity contribution >= 4 is 22.4 Å². The molecule has 3 aromatic carbocycles. The highest BCUT2D eigenvalue weighted by Crippen LogP contribution is 2.23. The van der Waals surface area contributed by atoms with Gasteiger partial charge in [0.25, 0.3) is 5.91 Å². The van der Waals surface area contributed by atoms with Crippen molar-refractivity contribution in [2.24, 2.45) is 0 Å². The summed E-state index contributed by atoms with van der Waals surface area (Å²) in [6.45, 7) is 3.75. The average Bonchev–Trinajstić information content (AvgIpc) is 2.55. The number of carbonyl (C=O) groups is 1. The molecule has 0 aliphatic carbocycles. The Morgan fingerprint density at radius 2 is 1.74 bits per heavy atom. The highest BCUT2D eigenvalue weighted by Gasteiger charge is 2.15. The van der Waals surface area contributed by atoms with Crippen LogP contribution in [0.3, 0.4) is 0 Å². The molecule has 0 aliphatic rings. The molecule has 0 radical (unpaired) electrons. The highest BCUT2D eigenvalue weighted by atomic mass is 16.5. The molecule has 0 saturated heterocycles. The maximum absolute atomic E-state index is 12.4. The van der Waals surface area contributed by atoms with E-state index in [0.717, 1.165) is 22.0 Å². The number of benzene rings is 3. The Morgan fingerprint density at radius 3 is 2.57 bits per heavy atom. The maximum Gasteiger partial charge on any atom is 0.265 e. The minimum atomic E-state index is -0.573. The summed E-state index contributed by atoms with van der Waals surface area (Å²) in [4.78, 5) is 12.4. The summed E-state index contributed by atoms with van der Waals surface area (Å²) in [5.74, 6) is 0.536. The van der Waals surface area contributed by atoms with Gasteiger partial charge in [0.15, 0.2) is 6.10 Å². The zero-order valence-corrected chi connectivity index (χ0v) is 13.2. The van der Waals surface area contributed by atoms with Gasteiger partial charge in [0.05, 0.1) is 0 Å². The number of hydrogen-bond donors (Lipinski definition) is 1. The van der Waals surface area contributed by atoms with E-state index in [9.17, 15) is 4.79 Å². The fourth-order valence-electron chi connectivity index (χ4n) is 2.52. The predicted octanol–water partition coefficient (Wildman–Crippen LogP) is 4.55. The van der Waals surface area contributed by atoms with Gasteiger partial charge < -0.3 is 10.1 Å². The molecule has 0 fully saturated rings.